The zero-order chi connectivity index (χ0) is 29.6. The maximum atomic E-state index is 13.7. The predicted molar refractivity (Wildman–Crippen MR) is 144 cm³/mol. The van der Waals surface area contributed by atoms with Gasteiger partial charge in [-0.05, 0) is 29.7 Å². The molecule has 1 aromatic heterocycles. The molecule has 0 saturated carbocycles. The lowest BCUT2D eigenvalue weighted by atomic mass is 10.1. The molecular weight excluding hydrogens is 539 g/mol. The Labute approximate surface area is 235 Å². The SMILES string of the molecule is N#Cc1ccc(N2CCN(C(=O)CCCOCC3c4ccccc4CN3/C(C=N)=C(/C(N)=O)C(F)(F)F)CC2)nc1. The molecule has 41 heavy (non-hydrogen) atoms. The van der Waals surface area contributed by atoms with Gasteiger partial charge in [0.2, 0.25) is 5.91 Å². The molecule has 3 heterocycles. The Morgan fingerprint density at radius 2 is 1.90 bits per heavy atom. The molecule has 1 unspecified atom stereocenters. The minimum Gasteiger partial charge on any atom is -0.379 e. The van der Waals surface area contributed by atoms with Crippen molar-refractivity contribution in [2.75, 3.05) is 44.3 Å². The van der Waals surface area contributed by atoms with Crippen molar-refractivity contribution in [3.8, 4) is 6.07 Å². The predicted octanol–water partition coefficient (Wildman–Crippen LogP) is 2.91. The van der Waals surface area contributed by atoms with Gasteiger partial charge in [-0.1, -0.05) is 24.3 Å². The van der Waals surface area contributed by atoms with Gasteiger partial charge in [0.05, 0.1) is 23.9 Å². The van der Waals surface area contributed by atoms with Gasteiger partial charge < -0.3 is 30.6 Å². The molecule has 10 nitrogen and oxygen atoms in total. The first-order valence-electron chi connectivity index (χ1n) is 13.1. The summed E-state index contributed by atoms with van der Waals surface area (Å²) in [6.45, 7) is 2.58. The van der Waals surface area contributed by atoms with Crippen molar-refractivity contribution < 1.29 is 27.5 Å². The number of amides is 2. The number of hydrogen-bond acceptors (Lipinski definition) is 8. The highest BCUT2D eigenvalue weighted by molar-refractivity contribution is 5.99. The highest BCUT2D eigenvalue weighted by Gasteiger charge is 2.43. The fraction of sp³-hybridized carbons (Fsp3) is 0.393. The van der Waals surface area contributed by atoms with E-state index in [-0.39, 0.29) is 32.1 Å². The lowest BCUT2D eigenvalue weighted by molar-refractivity contribution is -0.132. The van der Waals surface area contributed by atoms with E-state index in [1.165, 1.54) is 11.1 Å². The van der Waals surface area contributed by atoms with E-state index in [1.54, 1.807) is 41.3 Å². The van der Waals surface area contributed by atoms with Gasteiger partial charge in [-0.15, -0.1) is 0 Å². The van der Waals surface area contributed by atoms with Gasteiger partial charge in [-0.2, -0.15) is 18.4 Å². The fourth-order valence-electron chi connectivity index (χ4n) is 5.11. The largest absolute Gasteiger partial charge is 0.423 e. The molecule has 2 aromatic rings. The Kier molecular flexibility index (Phi) is 9.24. The number of carbonyl (C=O) groups is 2. The standard InChI is InChI=1S/C28H30F3N7O3/c29-28(30,31)26(27(34)40)22(15-33)38-17-20-4-1-2-5-21(20)23(38)18-41-13-3-6-25(39)37-11-9-36(10-12-37)24-8-7-19(14-32)16-35-24/h1-2,4-5,7-8,15-16,23,33H,3,6,9-13,17-18H2,(H2,34,40)/b26-22-,33-15?. The molecule has 0 aliphatic carbocycles. The number of primary amides is 1. The smallest absolute Gasteiger partial charge is 0.379 e. The van der Waals surface area contributed by atoms with E-state index in [9.17, 15) is 22.8 Å². The summed E-state index contributed by atoms with van der Waals surface area (Å²) in [4.78, 5) is 33.9. The molecule has 13 heteroatoms. The first kappa shape index (κ1) is 29.5. The van der Waals surface area contributed by atoms with Gasteiger partial charge >= 0.3 is 6.18 Å². The molecule has 1 fully saturated rings. The van der Waals surface area contributed by atoms with Crippen LogP contribution in [0.5, 0.6) is 0 Å². The van der Waals surface area contributed by atoms with Crippen LogP contribution >= 0.6 is 0 Å². The van der Waals surface area contributed by atoms with Crippen molar-refractivity contribution in [2.45, 2.75) is 31.6 Å². The van der Waals surface area contributed by atoms with Crippen molar-refractivity contribution in [2.24, 2.45) is 5.73 Å². The summed E-state index contributed by atoms with van der Waals surface area (Å²) in [6, 6.07) is 11.9. The number of pyridine rings is 1. The van der Waals surface area contributed by atoms with Gasteiger partial charge in [0.1, 0.15) is 17.5 Å². The van der Waals surface area contributed by atoms with Crippen molar-refractivity contribution in [1.82, 2.24) is 14.8 Å². The number of piperazine rings is 1. The Morgan fingerprint density at radius 3 is 2.51 bits per heavy atom. The number of halogens is 3. The van der Waals surface area contributed by atoms with Gasteiger partial charge in [-0.25, -0.2) is 4.98 Å². The van der Waals surface area contributed by atoms with Crippen molar-refractivity contribution >= 4 is 23.8 Å². The number of nitrogens with one attached hydrogen (secondary N) is 1. The van der Waals surface area contributed by atoms with E-state index in [1.807, 2.05) is 6.07 Å². The maximum Gasteiger partial charge on any atom is 0.423 e. The van der Waals surface area contributed by atoms with Crippen molar-refractivity contribution in [1.29, 1.82) is 10.7 Å². The number of allylic oxidation sites excluding steroid dienone is 1. The molecule has 0 bridgehead atoms. The number of nitriles is 1. The van der Waals surface area contributed by atoms with Crippen LogP contribution in [0.3, 0.4) is 0 Å². The average Bonchev–Trinajstić information content (AvgIpc) is 3.33. The number of benzene rings is 1. The fourth-order valence-corrected chi connectivity index (χ4v) is 5.11. The highest BCUT2D eigenvalue weighted by Crippen LogP contribution is 2.39. The molecule has 1 atom stereocenters. The van der Waals surface area contributed by atoms with Crippen LogP contribution in [0.1, 0.15) is 35.6 Å². The molecule has 3 N–H and O–H groups in total. The normalized spacial score (nSPS) is 17.5. The third-order valence-corrected chi connectivity index (χ3v) is 7.15. The number of hydrogen-bond donors (Lipinski definition) is 2. The number of aromatic nitrogens is 1. The molecule has 0 radical (unpaired) electrons. The van der Waals surface area contributed by atoms with Crippen LogP contribution in [0.25, 0.3) is 0 Å². The van der Waals surface area contributed by atoms with E-state index in [4.69, 9.17) is 21.1 Å². The van der Waals surface area contributed by atoms with E-state index in [0.717, 1.165) is 16.9 Å². The van der Waals surface area contributed by atoms with Gasteiger partial charge in [0, 0.05) is 58.2 Å². The maximum absolute atomic E-state index is 13.7. The summed E-state index contributed by atoms with van der Waals surface area (Å²) in [7, 11) is 0. The van der Waals surface area contributed by atoms with E-state index >= 15 is 0 Å². The number of ether oxygens (including phenoxy) is 1. The van der Waals surface area contributed by atoms with E-state index in [2.05, 4.69) is 9.88 Å². The monoisotopic (exact) mass is 569 g/mol. The second-order valence-electron chi connectivity index (χ2n) is 9.67. The summed E-state index contributed by atoms with van der Waals surface area (Å²) >= 11 is 0. The topological polar surface area (TPSA) is 140 Å². The zero-order valence-electron chi connectivity index (χ0n) is 22.2. The number of nitrogens with zero attached hydrogens (tertiary/aromatic N) is 5. The first-order valence-corrected chi connectivity index (χ1v) is 13.1. The number of fused-ring (bicyclic) bond motifs is 1. The zero-order valence-corrected chi connectivity index (χ0v) is 22.2. The van der Waals surface area contributed by atoms with Crippen molar-refractivity contribution in [3.05, 3.63) is 70.6 Å². The molecule has 1 aromatic carbocycles. The summed E-state index contributed by atoms with van der Waals surface area (Å²) in [5.41, 5.74) is 4.86. The molecule has 2 aliphatic heterocycles. The van der Waals surface area contributed by atoms with Crippen LogP contribution in [0.15, 0.2) is 53.9 Å². The second kappa shape index (κ2) is 12.8. The van der Waals surface area contributed by atoms with Crippen LogP contribution in [-0.2, 0) is 20.9 Å². The third kappa shape index (κ3) is 6.83. The molecule has 1 saturated heterocycles. The van der Waals surface area contributed by atoms with Crippen LogP contribution in [0.4, 0.5) is 19.0 Å². The van der Waals surface area contributed by atoms with Gasteiger partial charge in [0.15, 0.2) is 0 Å². The number of carbonyl (C=O) groups excluding carboxylic acids is 2. The molecular formula is C28H30F3N7O3. The molecule has 216 valence electrons. The van der Waals surface area contributed by atoms with E-state index in [0.29, 0.717) is 44.4 Å². The first-order chi connectivity index (χ1) is 19.6. The average molecular weight is 570 g/mol. The number of rotatable bonds is 10. The summed E-state index contributed by atoms with van der Waals surface area (Å²) in [5, 5.41) is 16.6. The quantitative estimate of drug-likeness (QED) is 0.255. The Hall–Kier alpha value is -4.44. The molecule has 2 amide bonds. The Bertz CT molecular complexity index is 1350. The summed E-state index contributed by atoms with van der Waals surface area (Å²) < 4.78 is 46.8. The second-order valence-corrected chi connectivity index (χ2v) is 9.67. The minimum absolute atomic E-state index is 0.00269. The Balaban J connectivity index is 1.31. The third-order valence-electron chi connectivity index (χ3n) is 7.15. The lowest BCUT2D eigenvalue weighted by Crippen LogP contribution is -2.49. The van der Waals surface area contributed by atoms with Crippen LogP contribution in [0, 0.1) is 16.7 Å². The van der Waals surface area contributed by atoms with Crippen molar-refractivity contribution in [3.63, 3.8) is 0 Å². The summed E-state index contributed by atoms with van der Waals surface area (Å²) in [6.07, 6.45) is -2.32. The number of nitrogens with two attached hydrogens (primary N) is 1. The lowest BCUT2D eigenvalue weighted by Gasteiger charge is -2.35. The molecule has 0 spiro atoms. The number of anilines is 1. The van der Waals surface area contributed by atoms with Gasteiger partial charge in [-0.3, -0.25) is 9.59 Å². The summed E-state index contributed by atoms with van der Waals surface area (Å²) in [5.74, 6) is -0.912. The van der Waals surface area contributed by atoms with Gasteiger partial charge in [0.25, 0.3) is 5.91 Å². The molecule has 4 rings (SSSR count). The highest BCUT2D eigenvalue weighted by atomic mass is 19.4. The number of alkyl halides is 3. The van der Waals surface area contributed by atoms with E-state index < -0.39 is 29.4 Å². The van der Waals surface area contributed by atoms with Crippen LogP contribution in [0.2, 0.25) is 0 Å². The van der Waals surface area contributed by atoms with Crippen LogP contribution < -0.4 is 10.6 Å². The Morgan fingerprint density at radius 1 is 1.17 bits per heavy atom. The minimum atomic E-state index is -5.02. The molecule has 2 aliphatic rings. The van der Waals surface area contributed by atoms with Crippen LogP contribution in [-0.4, -0.2) is 78.4 Å².